The molecule has 6 nitrogen and oxygen atoms in total. The van der Waals surface area contributed by atoms with Gasteiger partial charge >= 0.3 is 0 Å². The summed E-state index contributed by atoms with van der Waals surface area (Å²) in [5.74, 6) is 1.00. The molecular weight excluding hydrogens is 455 g/mol. The summed E-state index contributed by atoms with van der Waals surface area (Å²) in [6, 6.07) is 10.6. The maximum Gasteiger partial charge on any atom is 0.193 e. The van der Waals surface area contributed by atoms with Crippen LogP contribution in [0.1, 0.15) is 19.3 Å². The van der Waals surface area contributed by atoms with E-state index in [1.54, 1.807) is 0 Å². The summed E-state index contributed by atoms with van der Waals surface area (Å²) >= 11 is 0. The third-order valence-electron chi connectivity index (χ3n) is 5.04. The van der Waals surface area contributed by atoms with Crippen molar-refractivity contribution < 1.29 is 9.47 Å². The van der Waals surface area contributed by atoms with Gasteiger partial charge in [-0.05, 0) is 31.4 Å². The van der Waals surface area contributed by atoms with E-state index >= 15 is 0 Å². The number of rotatable bonds is 6. The van der Waals surface area contributed by atoms with Crippen LogP contribution >= 0.6 is 24.0 Å². The van der Waals surface area contributed by atoms with Crippen LogP contribution in [-0.4, -0.2) is 76.6 Å². The van der Waals surface area contributed by atoms with E-state index in [0.717, 1.165) is 77.8 Å². The zero-order chi connectivity index (χ0) is 18.0. The molecule has 0 saturated carbocycles. The minimum absolute atomic E-state index is 0. The lowest BCUT2D eigenvalue weighted by Gasteiger charge is -2.37. The Hall–Kier alpha value is -1.06. The minimum Gasteiger partial charge on any atom is -0.381 e. The normalized spacial score (nSPS) is 18.9. The van der Waals surface area contributed by atoms with Crippen LogP contribution in [0.5, 0.6) is 0 Å². The molecule has 0 aliphatic carbocycles. The SMILES string of the molecule is CN=C(NCCCOC1CCOCC1)N1CCN(c2ccccc2)CC1.I. The van der Waals surface area contributed by atoms with Crippen LogP contribution in [0.2, 0.25) is 0 Å². The van der Waals surface area contributed by atoms with Crippen LogP contribution in [0.3, 0.4) is 0 Å². The number of piperazine rings is 1. The van der Waals surface area contributed by atoms with E-state index in [9.17, 15) is 0 Å². The second-order valence-corrected chi connectivity index (χ2v) is 6.82. The molecular formula is C20H33IN4O2. The number of nitrogens with zero attached hydrogens (tertiary/aromatic N) is 3. The predicted octanol–water partition coefficient (Wildman–Crippen LogP) is 2.59. The summed E-state index contributed by atoms with van der Waals surface area (Å²) in [6.45, 7) is 7.41. The van der Waals surface area contributed by atoms with Crippen LogP contribution in [0.15, 0.2) is 35.3 Å². The molecule has 1 aromatic rings. The molecule has 0 atom stereocenters. The number of para-hydroxylation sites is 1. The Morgan fingerprint density at radius 1 is 1.15 bits per heavy atom. The molecule has 7 heteroatoms. The number of nitrogens with one attached hydrogen (secondary N) is 1. The number of ether oxygens (including phenoxy) is 2. The van der Waals surface area contributed by atoms with Gasteiger partial charge in [-0.25, -0.2) is 0 Å². The quantitative estimate of drug-likeness (QED) is 0.289. The molecule has 0 unspecified atom stereocenters. The van der Waals surface area contributed by atoms with E-state index in [2.05, 4.69) is 50.4 Å². The number of anilines is 1. The molecule has 3 rings (SSSR count). The van der Waals surface area contributed by atoms with Gasteiger partial charge in [-0.3, -0.25) is 4.99 Å². The van der Waals surface area contributed by atoms with Crippen molar-refractivity contribution >= 4 is 35.6 Å². The van der Waals surface area contributed by atoms with Gasteiger partial charge in [0, 0.05) is 65.3 Å². The molecule has 0 radical (unpaired) electrons. The zero-order valence-corrected chi connectivity index (χ0v) is 18.6. The first-order valence-corrected chi connectivity index (χ1v) is 9.82. The molecule has 0 amide bonds. The Morgan fingerprint density at radius 3 is 2.52 bits per heavy atom. The number of guanidine groups is 1. The first-order valence-electron chi connectivity index (χ1n) is 9.82. The Bertz CT molecular complexity index is 544. The lowest BCUT2D eigenvalue weighted by atomic mass is 10.1. The van der Waals surface area contributed by atoms with E-state index in [4.69, 9.17) is 9.47 Å². The number of halogens is 1. The van der Waals surface area contributed by atoms with Gasteiger partial charge in [0.2, 0.25) is 0 Å². The van der Waals surface area contributed by atoms with Crippen molar-refractivity contribution in [2.45, 2.75) is 25.4 Å². The monoisotopic (exact) mass is 488 g/mol. The van der Waals surface area contributed by atoms with E-state index < -0.39 is 0 Å². The molecule has 1 aromatic carbocycles. The molecule has 1 N–H and O–H groups in total. The van der Waals surface area contributed by atoms with Crippen molar-refractivity contribution in [2.24, 2.45) is 4.99 Å². The van der Waals surface area contributed by atoms with Crippen LogP contribution in [-0.2, 0) is 9.47 Å². The van der Waals surface area contributed by atoms with E-state index in [-0.39, 0.29) is 24.0 Å². The fourth-order valence-electron chi connectivity index (χ4n) is 3.51. The summed E-state index contributed by atoms with van der Waals surface area (Å²) in [4.78, 5) is 9.23. The van der Waals surface area contributed by atoms with Gasteiger partial charge in [0.05, 0.1) is 6.10 Å². The highest BCUT2D eigenvalue weighted by molar-refractivity contribution is 14.0. The van der Waals surface area contributed by atoms with Crippen molar-refractivity contribution in [2.75, 3.05) is 64.5 Å². The Labute approximate surface area is 180 Å². The summed E-state index contributed by atoms with van der Waals surface area (Å²) < 4.78 is 11.3. The summed E-state index contributed by atoms with van der Waals surface area (Å²) in [7, 11) is 1.87. The second-order valence-electron chi connectivity index (χ2n) is 6.82. The van der Waals surface area contributed by atoms with Crippen LogP contribution in [0.4, 0.5) is 5.69 Å². The van der Waals surface area contributed by atoms with Crippen molar-refractivity contribution in [3.05, 3.63) is 30.3 Å². The maximum atomic E-state index is 5.93. The molecule has 2 heterocycles. The molecule has 0 aromatic heterocycles. The number of hydrogen-bond donors (Lipinski definition) is 1. The highest BCUT2D eigenvalue weighted by Gasteiger charge is 2.19. The molecule has 152 valence electrons. The summed E-state index contributed by atoms with van der Waals surface area (Å²) in [6.07, 6.45) is 3.44. The van der Waals surface area contributed by atoms with Gasteiger partial charge < -0.3 is 24.6 Å². The fraction of sp³-hybridized carbons (Fsp3) is 0.650. The lowest BCUT2D eigenvalue weighted by Crippen LogP contribution is -2.52. The Kier molecular flexibility index (Phi) is 10.2. The number of aliphatic imine (C=N–C) groups is 1. The molecule has 2 saturated heterocycles. The van der Waals surface area contributed by atoms with Crippen molar-refractivity contribution in [3.63, 3.8) is 0 Å². The van der Waals surface area contributed by atoms with Crippen molar-refractivity contribution in [3.8, 4) is 0 Å². The Balaban J connectivity index is 0.00000261. The highest BCUT2D eigenvalue weighted by atomic mass is 127. The fourth-order valence-corrected chi connectivity index (χ4v) is 3.51. The molecule has 0 spiro atoms. The van der Waals surface area contributed by atoms with Crippen molar-refractivity contribution in [1.29, 1.82) is 0 Å². The highest BCUT2D eigenvalue weighted by Crippen LogP contribution is 2.15. The van der Waals surface area contributed by atoms with Crippen LogP contribution in [0, 0.1) is 0 Å². The number of hydrogen-bond acceptors (Lipinski definition) is 4. The second kappa shape index (κ2) is 12.4. The van der Waals surface area contributed by atoms with Gasteiger partial charge in [0.1, 0.15) is 0 Å². The molecule has 2 aliphatic rings. The predicted molar refractivity (Wildman–Crippen MR) is 121 cm³/mol. The van der Waals surface area contributed by atoms with Crippen LogP contribution < -0.4 is 10.2 Å². The van der Waals surface area contributed by atoms with Crippen molar-refractivity contribution in [1.82, 2.24) is 10.2 Å². The Morgan fingerprint density at radius 2 is 1.85 bits per heavy atom. The molecule has 0 bridgehead atoms. The summed E-state index contributed by atoms with van der Waals surface area (Å²) in [5.41, 5.74) is 1.31. The standard InChI is InChI=1S/C20H32N4O2.HI/c1-21-20(22-10-5-15-26-19-8-16-25-17-9-19)24-13-11-23(12-14-24)18-6-3-2-4-7-18;/h2-4,6-7,19H,5,8-17H2,1H3,(H,21,22);1H. The van der Waals surface area contributed by atoms with E-state index in [0.29, 0.717) is 6.10 Å². The molecule has 2 fully saturated rings. The largest absolute Gasteiger partial charge is 0.381 e. The first-order chi connectivity index (χ1) is 12.9. The summed E-state index contributed by atoms with van der Waals surface area (Å²) in [5, 5.41) is 3.48. The van der Waals surface area contributed by atoms with Gasteiger partial charge in [-0.15, -0.1) is 24.0 Å². The first kappa shape index (κ1) is 22.2. The van der Waals surface area contributed by atoms with E-state index in [1.807, 2.05) is 7.05 Å². The third-order valence-corrected chi connectivity index (χ3v) is 5.04. The maximum absolute atomic E-state index is 5.93. The average Bonchev–Trinajstić information content (AvgIpc) is 2.72. The third kappa shape index (κ3) is 7.12. The number of benzene rings is 1. The van der Waals surface area contributed by atoms with Gasteiger partial charge in [0.25, 0.3) is 0 Å². The topological polar surface area (TPSA) is 49.3 Å². The van der Waals surface area contributed by atoms with E-state index in [1.165, 1.54) is 5.69 Å². The zero-order valence-electron chi connectivity index (χ0n) is 16.3. The van der Waals surface area contributed by atoms with Gasteiger partial charge in [-0.1, -0.05) is 18.2 Å². The minimum atomic E-state index is 0. The molecule has 2 aliphatic heterocycles. The lowest BCUT2D eigenvalue weighted by molar-refractivity contribution is -0.0320. The van der Waals surface area contributed by atoms with Gasteiger partial charge in [0.15, 0.2) is 5.96 Å². The average molecular weight is 488 g/mol. The molecule has 27 heavy (non-hydrogen) atoms. The smallest absolute Gasteiger partial charge is 0.193 e. The van der Waals surface area contributed by atoms with Crippen LogP contribution in [0.25, 0.3) is 0 Å². The van der Waals surface area contributed by atoms with Gasteiger partial charge in [-0.2, -0.15) is 0 Å².